The molecule has 1 heterocycles. The Hall–Kier alpha value is -0.980. The lowest BCUT2D eigenvalue weighted by Gasteiger charge is -2.39. The first-order valence-corrected chi connectivity index (χ1v) is 6.41. The predicted molar refractivity (Wildman–Crippen MR) is 64.6 cm³/mol. The maximum Gasteiger partial charge on any atom is 0.417 e. The van der Waals surface area contributed by atoms with Gasteiger partial charge in [-0.15, -0.1) is 0 Å². The highest BCUT2D eigenvalue weighted by Crippen LogP contribution is 2.38. The van der Waals surface area contributed by atoms with E-state index in [9.17, 15) is 23.1 Å². The Labute approximate surface area is 111 Å². The lowest BCUT2D eigenvalue weighted by Crippen LogP contribution is -2.56. The molecule has 0 spiro atoms. The molecule has 1 unspecified atom stereocenters. The number of carbonyl (C=O) groups is 1. The van der Waals surface area contributed by atoms with Crippen molar-refractivity contribution in [2.24, 2.45) is 5.92 Å². The Bertz CT molecular complexity index is 323. The maximum absolute atomic E-state index is 12.6. The number of amides is 2. The average Bonchev–Trinajstić information content (AvgIpc) is 2.28. The van der Waals surface area contributed by atoms with Crippen molar-refractivity contribution in [3.05, 3.63) is 0 Å². The summed E-state index contributed by atoms with van der Waals surface area (Å²) in [6, 6.07) is -0.415. The average molecular weight is 282 g/mol. The second kappa shape index (κ2) is 5.56. The number of alkyl halides is 3. The van der Waals surface area contributed by atoms with Crippen molar-refractivity contribution in [3.63, 3.8) is 0 Å². The van der Waals surface area contributed by atoms with Crippen LogP contribution >= 0.6 is 0 Å². The molecule has 0 aliphatic carbocycles. The zero-order chi connectivity index (χ0) is 14.8. The van der Waals surface area contributed by atoms with Gasteiger partial charge in [0.2, 0.25) is 0 Å². The van der Waals surface area contributed by atoms with Gasteiger partial charge in [-0.25, -0.2) is 4.79 Å². The van der Waals surface area contributed by atoms with Crippen LogP contribution in [0.5, 0.6) is 0 Å². The molecular weight excluding hydrogens is 261 g/mol. The van der Waals surface area contributed by atoms with E-state index in [2.05, 4.69) is 5.32 Å². The lowest BCUT2D eigenvalue weighted by atomic mass is 9.91. The molecule has 0 saturated carbocycles. The third-order valence-electron chi connectivity index (χ3n) is 3.76. The van der Waals surface area contributed by atoms with E-state index in [1.54, 1.807) is 0 Å². The Morgan fingerprint density at radius 1 is 1.26 bits per heavy atom. The van der Waals surface area contributed by atoms with Crippen molar-refractivity contribution in [2.45, 2.75) is 51.4 Å². The van der Waals surface area contributed by atoms with Crippen molar-refractivity contribution in [2.75, 3.05) is 13.1 Å². The van der Waals surface area contributed by atoms with Gasteiger partial charge >= 0.3 is 12.2 Å². The molecule has 112 valence electrons. The van der Waals surface area contributed by atoms with Crippen LogP contribution < -0.4 is 5.32 Å². The summed E-state index contributed by atoms with van der Waals surface area (Å²) in [5.74, 6) is 0.251. The van der Waals surface area contributed by atoms with Crippen molar-refractivity contribution < 1.29 is 23.1 Å². The summed E-state index contributed by atoms with van der Waals surface area (Å²) in [5.41, 5.74) is -2.66. The molecule has 0 bridgehead atoms. The van der Waals surface area contributed by atoms with Gasteiger partial charge in [0.25, 0.3) is 0 Å². The number of hydrogen-bond donors (Lipinski definition) is 2. The van der Waals surface area contributed by atoms with Crippen LogP contribution in [0.3, 0.4) is 0 Å². The van der Waals surface area contributed by atoms with Gasteiger partial charge in [-0.1, -0.05) is 13.8 Å². The molecule has 1 fully saturated rings. The van der Waals surface area contributed by atoms with Crippen molar-refractivity contribution in [3.8, 4) is 0 Å². The molecule has 1 aliphatic heterocycles. The quantitative estimate of drug-likeness (QED) is 0.815. The minimum absolute atomic E-state index is 0.0454. The summed E-state index contributed by atoms with van der Waals surface area (Å²) >= 11 is 0. The number of nitrogens with one attached hydrogen (secondary N) is 1. The predicted octanol–water partition coefficient (Wildman–Crippen LogP) is 2.13. The summed E-state index contributed by atoms with van der Waals surface area (Å²) in [7, 11) is 0. The molecule has 1 atom stereocenters. The van der Waals surface area contributed by atoms with E-state index in [1.807, 2.05) is 20.8 Å². The largest absolute Gasteiger partial charge is 0.417 e. The zero-order valence-corrected chi connectivity index (χ0v) is 11.4. The smallest absolute Gasteiger partial charge is 0.380 e. The van der Waals surface area contributed by atoms with E-state index >= 15 is 0 Å². The molecule has 2 N–H and O–H groups in total. The second-order valence-electron chi connectivity index (χ2n) is 5.50. The fourth-order valence-electron chi connectivity index (χ4n) is 1.82. The highest BCUT2D eigenvalue weighted by Gasteiger charge is 2.54. The Balaban J connectivity index is 2.52. The van der Waals surface area contributed by atoms with Crippen LogP contribution in [0.25, 0.3) is 0 Å². The van der Waals surface area contributed by atoms with Crippen molar-refractivity contribution in [1.29, 1.82) is 0 Å². The van der Waals surface area contributed by atoms with E-state index in [4.69, 9.17) is 0 Å². The molecular formula is C12H21F3N2O2. The van der Waals surface area contributed by atoms with Crippen LogP contribution in [0.2, 0.25) is 0 Å². The SMILES string of the molecule is CC(C)C(C)NC(=O)N1CCC(O)(C(F)(F)F)CC1. The van der Waals surface area contributed by atoms with Crippen LogP contribution in [0.1, 0.15) is 33.6 Å². The van der Waals surface area contributed by atoms with Gasteiger partial charge in [-0.2, -0.15) is 13.2 Å². The first-order valence-electron chi connectivity index (χ1n) is 6.41. The zero-order valence-electron chi connectivity index (χ0n) is 11.4. The van der Waals surface area contributed by atoms with E-state index in [-0.39, 0.29) is 31.1 Å². The van der Waals surface area contributed by atoms with Gasteiger partial charge in [-0.3, -0.25) is 0 Å². The van der Waals surface area contributed by atoms with Crippen LogP contribution in [-0.4, -0.2) is 46.9 Å². The number of nitrogens with zero attached hydrogens (tertiary/aromatic N) is 1. The monoisotopic (exact) mass is 282 g/mol. The lowest BCUT2D eigenvalue weighted by molar-refractivity contribution is -0.271. The number of piperidine rings is 1. The van der Waals surface area contributed by atoms with Gasteiger partial charge in [0.05, 0.1) is 0 Å². The number of aliphatic hydroxyl groups is 1. The van der Waals surface area contributed by atoms with Gasteiger partial charge in [0, 0.05) is 32.0 Å². The summed E-state index contributed by atoms with van der Waals surface area (Å²) < 4.78 is 37.8. The van der Waals surface area contributed by atoms with Crippen LogP contribution in [0.4, 0.5) is 18.0 Å². The molecule has 1 saturated heterocycles. The first kappa shape index (κ1) is 16.1. The molecule has 0 aromatic heterocycles. The Morgan fingerprint density at radius 3 is 2.11 bits per heavy atom. The van der Waals surface area contributed by atoms with Crippen LogP contribution in [0.15, 0.2) is 0 Å². The molecule has 1 rings (SSSR count). The van der Waals surface area contributed by atoms with Crippen molar-refractivity contribution >= 4 is 6.03 Å². The van der Waals surface area contributed by atoms with Crippen molar-refractivity contribution in [1.82, 2.24) is 10.2 Å². The van der Waals surface area contributed by atoms with Crippen LogP contribution in [-0.2, 0) is 0 Å². The van der Waals surface area contributed by atoms with Gasteiger partial charge in [-0.05, 0) is 12.8 Å². The first-order chi connectivity index (χ1) is 8.57. The molecule has 0 aromatic rings. The fourth-order valence-corrected chi connectivity index (χ4v) is 1.82. The maximum atomic E-state index is 12.6. The van der Waals surface area contributed by atoms with E-state index in [0.717, 1.165) is 0 Å². The summed E-state index contributed by atoms with van der Waals surface area (Å²) in [6.07, 6.45) is -5.58. The minimum Gasteiger partial charge on any atom is -0.380 e. The molecule has 0 radical (unpaired) electrons. The number of urea groups is 1. The molecule has 7 heteroatoms. The summed E-state index contributed by atoms with van der Waals surface area (Å²) in [5, 5.41) is 12.2. The number of likely N-dealkylation sites (tertiary alicyclic amines) is 1. The normalized spacial score (nSPS) is 21.4. The number of rotatable bonds is 2. The topological polar surface area (TPSA) is 52.6 Å². The highest BCUT2D eigenvalue weighted by molar-refractivity contribution is 5.74. The van der Waals surface area contributed by atoms with Crippen LogP contribution in [0, 0.1) is 5.92 Å². The van der Waals surface area contributed by atoms with E-state index in [1.165, 1.54) is 4.90 Å². The molecule has 2 amide bonds. The second-order valence-corrected chi connectivity index (χ2v) is 5.50. The third kappa shape index (κ3) is 3.75. The molecule has 1 aliphatic rings. The molecule has 19 heavy (non-hydrogen) atoms. The Morgan fingerprint density at radius 2 is 1.74 bits per heavy atom. The highest BCUT2D eigenvalue weighted by atomic mass is 19.4. The van der Waals surface area contributed by atoms with Gasteiger partial charge in [0.15, 0.2) is 5.60 Å². The number of halogens is 3. The fraction of sp³-hybridized carbons (Fsp3) is 0.917. The number of hydrogen-bond acceptors (Lipinski definition) is 2. The number of carbonyl (C=O) groups excluding carboxylic acids is 1. The minimum atomic E-state index is -4.64. The molecule has 4 nitrogen and oxygen atoms in total. The van der Waals surface area contributed by atoms with E-state index in [0.29, 0.717) is 0 Å². The van der Waals surface area contributed by atoms with Gasteiger partial charge in [0.1, 0.15) is 0 Å². The summed E-state index contributed by atoms with van der Waals surface area (Å²) in [6.45, 7) is 5.56. The van der Waals surface area contributed by atoms with E-state index < -0.39 is 24.6 Å². The summed E-state index contributed by atoms with van der Waals surface area (Å²) in [4.78, 5) is 13.1. The van der Waals surface area contributed by atoms with Gasteiger partial charge < -0.3 is 15.3 Å². The Kier molecular flexibility index (Phi) is 4.71. The molecule has 0 aromatic carbocycles. The third-order valence-corrected chi connectivity index (χ3v) is 3.76. The standard InChI is InChI=1S/C12H21F3N2O2/c1-8(2)9(3)16-10(18)17-6-4-11(19,5-7-17)12(13,14)15/h8-9,19H,4-7H2,1-3H3,(H,16,18).